The summed E-state index contributed by atoms with van der Waals surface area (Å²) in [5, 5.41) is 11.6. The van der Waals surface area contributed by atoms with Crippen LogP contribution in [0, 0.1) is 0 Å². The molecule has 1 unspecified atom stereocenters. The monoisotopic (exact) mass is 241 g/mol. The second-order valence-corrected chi connectivity index (χ2v) is 3.75. The van der Waals surface area contributed by atoms with Gasteiger partial charge in [-0.3, -0.25) is 14.9 Å². The summed E-state index contributed by atoms with van der Waals surface area (Å²) in [6.07, 6.45) is 0. The standard InChI is InChI=1S/C11H12ClNO3/c1-7(11(15)16)13-6-10(14)8-4-2-3-5-9(8)12/h2-5,7,13H,6H2,1H3,(H,15,16). The molecule has 0 aliphatic carbocycles. The van der Waals surface area contributed by atoms with Crippen molar-refractivity contribution in [1.82, 2.24) is 5.32 Å². The van der Waals surface area contributed by atoms with E-state index in [0.29, 0.717) is 10.6 Å². The van der Waals surface area contributed by atoms with Crippen molar-refractivity contribution >= 4 is 23.4 Å². The Morgan fingerprint density at radius 3 is 2.62 bits per heavy atom. The quantitative estimate of drug-likeness (QED) is 0.769. The first-order valence-electron chi connectivity index (χ1n) is 4.76. The second-order valence-electron chi connectivity index (χ2n) is 3.34. The maximum atomic E-state index is 11.7. The SMILES string of the molecule is CC(NCC(=O)c1ccccc1Cl)C(=O)O. The Bertz CT molecular complexity index is 406. The number of aliphatic carboxylic acids is 1. The van der Waals surface area contributed by atoms with E-state index in [9.17, 15) is 9.59 Å². The Labute approximate surface area is 98.2 Å². The zero-order chi connectivity index (χ0) is 12.1. The van der Waals surface area contributed by atoms with Crippen LogP contribution in [0.4, 0.5) is 0 Å². The molecular weight excluding hydrogens is 230 g/mol. The van der Waals surface area contributed by atoms with Gasteiger partial charge in [-0.05, 0) is 19.1 Å². The number of nitrogens with one attached hydrogen (secondary N) is 1. The van der Waals surface area contributed by atoms with Gasteiger partial charge >= 0.3 is 5.97 Å². The highest BCUT2D eigenvalue weighted by Gasteiger charge is 2.14. The Kier molecular flexibility index (Phi) is 4.46. The molecule has 86 valence electrons. The normalized spacial score (nSPS) is 12.1. The molecule has 0 amide bonds. The molecule has 0 aliphatic rings. The lowest BCUT2D eigenvalue weighted by molar-refractivity contribution is -0.138. The lowest BCUT2D eigenvalue weighted by Gasteiger charge is -2.08. The fourth-order valence-corrected chi connectivity index (χ4v) is 1.36. The first-order chi connectivity index (χ1) is 7.52. The average molecular weight is 242 g/mol. The van der Waals surface area contributed by atoms with Crippen LogP contribution in [0.2, 0.25) is 5.02 Å². The minimum absolute atomic E-state index is 0.0444. The zero-order valence-electron chi connectivity index (χ0n) is 8.74. The molecule has 0 fully saturated rings. The van der Waals surface area contributed by atoms with Gasteiger partial charge in [-0.25, -0.2) is 0 Å². The van der Waals surface area contributed by atoms with Crippen molar-refractivity contribution < 1.29 is 14.7 Å². The summed E-state index contributed by atoms with van der Waals surface area (Å²) in [6, 6.07) is 5.91. The lowest BCUT2D eigenvalue weighted by Crippen LogP contribution is -2.37. The Morgan fingerprint density at radius 2 is 2.06 bits per heavy atom. The first kappa shape index (κ1) is 12.7. The van der Waals surface area contributed by atoms with E-state index in [0.717, 1.165) is 0 Å². The van der Waals surface area contributed by atoms with E-state index < -0.39 is 12.0 Å². The number of carbonyl (C=O) groups excluding carboxylic acids is 1. The third-order valence-electron chi connectivity index (χ3n) is 2.11. The van der Waals surface area contributed by atoms with Gasteiger partial charge in [0, 0.05) is 5.56 Å². The lowest BCUT2D eigenvalue weighted by atomic mass is 10.1. The van der Waals surface area contributed by atoms with Crippen LogP contribution in [0.3, 0.4) is 0 Å². The maximum absolute atomic E-state index is 11.7. The summed E-state index contributed by atoms with van der Waals surface area (Å²) in [4.78, 5) is 22.2. The highest BCUT2D eigenvalue weighted by Crippen LogP contribution is 2.14. The Hall–Kier alpha value is -1.39. The number of carbonyl (C=O) groups is 2. The Morgan fingerprint density at radius 1 is 1.44 bits per heavy atom. The van der Waals surface area contributed by atoms with E-state index >= 15 is 0 Å². The summed E-state index contributed by atoms with van der Waals surface area (Å²) in [7, 11) is 0. The molecule has 1 aromatic carbocycles. The third kappa shape index (κ3) is 3.32. The van der Waals surface area contributed by atoms with Crippen LogP contribution < -0.4 is 5.32 Å². The highest BCUT2D eigenvalue weighted by molar-refractivity contribution is 6.34. The summed E-state index contributed by atoms with van der Waals surface area (Å²) < 4.78 is 0. The molecule has 0 radical (unpaired) electrons. The fraction of sp³-hybridized carbons (Fsp3) is 0.273. The molecule has 0 saturated carbocycles. The van der Waals surface area contributed by atoms with Crippen LogP contribution in [0.15, 0.2) is 24.3 Å². The van der Waals surface area contributed by atoms with Gasteiger partial charge in [0.15, 0.2) is 5.78 Å². The van der Waals surface area contributed by atoms with Gasteiger partial charge in [-0.2, -0.15) is 0 Å². The predicted molar refractivity (Wildman–Crippen MR) is 60.9 cm³/mol. The number of carboxylic acid groups (broad SMARTS) is 1. The topological polar surface area (TPSA) is 66.4 Å². The van der Waals surface area contributed by atoms with Crippen LogP contribution >= 0.6 is 11.6 Å². The number of halogens is 1. The van der Waals surface area contributed by atoms with Crippen LogP contribution in [0.1, 0.15) is 17.3 Å². The van der Waals surface area contributed by atoms with Crippen molar-refractivity contribution in [2.45, 2.75) is 13.0 Å². The molecule has 1 atom stereocenters. The van der Waals surface area contributed by atoms with Gasteiger partial charge in [0.05, 0.1) is 11.6 Å². The van der Waals surface area contributed by atoms with E-state index in [2.05, 4.69) is 5.32 Å². The predicted octanol–water partition coefficient (Wildman–Crippen LogP) is 1.59. The minimum atomic E-state index is -0.994. The summed E-state index contributed by atoms with van der Waals surface area (Å²) in [5.74, 6) is -1.22. The first-order valence-corrected chi connectivity index (χ1v) is 5.14. The third-order valence-corrected chi connectivity index (χ3v) is 2.44. The maximum Gasteiger partial charge on any atom is 0.320 e. The molecule has 0 aliphatic heterocycles. The molecule has 0 aromatic heterocycles. The molecule has 0 heterocycles. The number of hydrogen-bond donors (Lipinski definition) is 2. The molecule has 0 saturated heterocycles. The molecule has 16 heavy (non-hydrogen) atoms. The van der Waals surface area contributed by atoms with Crippen LogP contribution in [-0.4, -0.2) is 29.4 Å². The second kappa shape index (κ2) is 5.63. The van der Waals surface area contributed by atoms with Crippen molar-refractivity contribution in [1.29, 1.82) is 0 Å². The van der Waals surface area contributed by atoms with E-state index in [4.69, 9.17) is 16.7 Å². The Balaban J connectivity index is 2.60. The molecule has 0 spiro atoms. The van der Waals surface area contributed by atoms with Crippen LogP contribution in [-0.2, 0) is 4.79 Å². The number of Topliss-reactive ketones (excluding diaryl/α,β-unsaturated/α-hetero) is 1. The van der Waals surface area contributed by atoms with Gasteiger partial charge in [0.2, 0.25) is 0 Å². The fourth-order valence-electron chi connectivity index (χ4n) is 1.12. The minimum Gasteiger partial charge on any atom is -0.480 e. The number of hydrogen-bond acceptors (Lipinski definition) is 3. The highest BCUT2D eigenvalue weighted by atomic mass is 35.5. The number of rotatable bonds is 5. The van der Waals surface area contributed by atoms with E-state index in [1.807, 2.05) is 0 Å². The molecule has 1 rings (SSSR count). The summed E-state index contributed by atoms with van der Waals surface area (Å²) in [5.41, 5.74) is 0.397. The van der Waals surface area contributed by atoms with E-state index in [1.54, 1.807) is 24.3 Å². The van der Waals surface area contributed by atoms with Crippen molar-refractivity contribution in [3.63, 3.8) is 0 Å². The van der Waals surface area contributed by atoms with Crippen molar-refractivity contribution in [3.05, 3.63) is 34.9 Å². The van der Waals surface area contributed by atoms with Gasteiger partial charge in [-0.1, -0.05) is 23.7 Å². The number of carboxylic acids is 1. The zero-order valence-corrected chi connectivity index (χ0v) is 9.49. The molecule has 2 N–H and O–H groups in total. The summed E-state index contributed by atoms with van der Waals surface area (Å²) in [6.45, 7) is 1.43. The van der Waals surface area contributed by atoms with E-state index in [1.165, 1.54) is 6.92 Å². The molecule has 1 aromatic rings. The van der Waals surface area contributed by atoms with E-state index in [-0.39, 0.29) is 12.3 Å². The van der Waals surface area contributed by atoms with Gasteiger partial charge in [-0.15, -0.1) is 0 Å². The van der Waals surface area contributed by atoms with Crippen LogP contribution in [0.5, 0.6) is 0 Å². The smallest absolute Gasteiger partial charge is 0.320 e. The van der Waals surface area contributed by atoms with Gasteiger partial charge < -0.3 is 5.11 Å². The molecule has 4 nitrogen and oxygen atoms in total. The molecular formula is C11H12ClNO3. The van der Waals surface area contributed by atoms with Crippen LogP contribution in [0.25, 0.3) is 0 Å². The van der Waals surface area contributed by atoms with Crippen molar-refractivity contribution in [2.24, 2.45) is 0 Å². The average Bonchev–Trinajstić information content (AvgIpc) is 2.25. The van der Waals surface area contributed by atoms with Gasteiger partial charge in [0.25, 0.3) is 0 Å². The number of benzene rings is 1. The molecule has 0 bridgehead atoms. The van der Waals surface area contributed by atoms with Crippen molar-refractivity contribution in [2.75, 3.05) is 6.54 Å². The number of ketones is 1. The largest absolute Gasteiger partial charge is 0.480 e. The van der Waals surface area contributed by atoms with Crippen molar-refractivity contribution in [3.8, 4) is 0 Å². The molecule has 5 heteroatoms. The summed E-state index contributed by atoms with van der Waals surface area (Å²) >= 11 is 5.83. The van der Waals surface area contributed by atoms with Gasteiger partial charge in [0.1, 0.15) is 6.04 Å².